The first-order chi connectivity index (χ1) is 11.4. The number of nitrogens with one attached hydrogen (secondary N) is 1. The highest BCUT2D eigenvalue weighted by Gasteiger charge is 2.32. The molecule has 2 aromatic carbocycles. The highest BCUT2D eigenvalue weighted by Crippen LogP contribution is 2.36. The molecule has 0 aromatic heterocycles. The number of anilines is 2. The lowest BCUT2D eigenvalue weighted by Gasteiger charge is -2.23. The Morgan fingerprint density at radius 3 is 2.29 bits per heavy atom. The van der Waals surface area contributed by atoms with Crippen molar-refractivity contribution in [3.63, 3.8) is 0 Å². The van der Waals surface area contributed by atoms with Gasteiger partial charge in [-0.3, -0.25) is 4.79 Å². The van der Waals surface area contributed by atoms with Crippen molar-refractivity contribution in [2.45, 2.75) is 19.0 Å². The third-order valence-corrected chi connectivity index (χ3v) is 4.05. The highest BCUT2D eigenvalue weighted by atomic mass is 19.4. The SMILES string of the molecule is O=C(Nc1cc(C(F)(F)F)ccc1N1CCCC1)c1ccccc1. The second kappa shape index (κ2) is 6.55. The average Bonchev–Trinajstić information content (AvgIpc) is 3.09. The normalized spacial score (nSPS) is 14.7. The number of nitrogens with zero attached hydrogens (tertiary/aromatic N) is 1. The predicted molar refractivity (Wildman–Crippen MR) is 87.3 cm³/mol. The minimum Gasteiger partial charge on any atom is -0.370 e. The number of rotatable bonds is 3. The van der Waals surface area contributed by atoms with Gasteiger partial charge in [0.05, 0.1) is 16.9 Å². The lowest BCUT2D eigenvalue weighted by Crippen LogP contribution is -2.22. The molecule has 0 radical (unpaired) electrons. The first-order valence-electron chi connectivity index (χ1n) is 7.78. The fourth-order valence-electron chi connectivity index (χ4n) is 2.83. The molecule has 3 rings (SSSR count). The van der Waals surface area contributed by atoms with Crippen LogP contribution in [0.3, 0.4) is 0 Å². The zero-order valence-electron chi connectivity index (χ0n) is 12.9. The summed E-state index contributed by atoms with van der Waals surface area (Å²) in [7, 11) is 0. The monoisotopic (exact) mass is 334 g/mol. The van der Waals surface area contributed by atoms with E-state index in [4.69, 9.17) is 0 Å². The first kappa shape index (κ1) is 16.4. The lowest BCUT2D eigenvalue weighted by atomic mass is 10.1. The van der Waals surface area contributed by atoms with E-state index in [-0.39, 0.29) is 5.69 Å². The van der Waals surface area contributed by atoms with E-state index in [9.17, 15) is 18.0 Å². The van der Waals surface area contributed by atoms with Crippen LogP contribution in [0, 0.1) is 0 Å². The molecule has 0 spiro atoms. The topological polar surface area (TPSA) is 32.3 Å². The third-order valence-electron chi connectivity index (χ3n) is 4.05. The average molecular weight is 334 g/mol. The van der Waals surface area contributed by atoms with Crippen LogP contribution in [0.4, 0.5) is 24.5 Å². The minimum atomic E-state index is -4.45. The molecule has 1 N–H and O–H groups in total. The van der Waals surface area contributed by atoms with Crippen molar-refractivity contribution >= 4 is 17.3 Å². The zero-order valence-corrected chi connectivity index (χ0v) is 12.9. The second-order valence-electron chi connectivity index (χ2n) is 5.74. The van der Waals surface area contributed by atoms with Crippen molar-refractivity contribution in [1.29, 1.82) is 0 Å². The highest BCUT2D eigenvalue weighted by molar-refractivity contribution is 6.06. The molecule has 126 valence electrons. The fourth-order valence-corrected chi connectivity index (χ4v) is 2.83. The Morgan fingerprint density at radius 2 is 1.67 bits per heavy atom. The Bertz CT molecular complexity index is 723. The van der Waals surface area contributed by atoms with Gasteiger partial charge in [0.1, 0.15) is 0 Å². The van der Waals surface area contributed by atoms with Gasteiger partial charge in [0.25, 0.3) is 5.91 Å². The Balaban J connectivity index is 1.94. The summed E-state index contributed by atoms with van der Waals surface area (Å²) in [5.74, 6) is -0.421. The summed E-state index contributed by atoms with van der Waals surface area (Å²) in [4.78, 5) is 14.3. The van der Waals surface area contributed by atoms with Crippen molar-refractivity contribution < 1.29 is 18.0 Å². The van der Waals surface area contributed by atoms with Crippen molar-refractivity contribution in [2.24, 2.45) is 0 Å². The lowest BCUT2D eigenvalue weighted by molar-refractivity contribution is -0.137. The summed E-state index contributed by atoms with van der Waals surface area (Å²) in [6.07, 6.45) is -2.46. The maximum Gasteiger partial charge on any atom is 0.416 e. The summed E-state index contributed by atoms with van der Waals surface area (Å²) in [5, 5.41) is 2.64. The van der Waals surface area contributed by atoms with Crippen LogP contribution in [0.5, 0.6) is 0 Å². The van der Waals surface area contributed by atoms with Gasteiger partial charge in [-0.15, -0.1) is 0 Å². The molecule has 1 aliphatic rings. The maximum absolute atomic E-state index is 13.0. The van der Waals surface area contributed by atoms with Crippen molar-refractivity contribution in [1.82, 2.24) is 0 Å². The van der Waals surface area contributed by atoms with Gasteiger partial charge >= 0.3 is 6.18 Å². The van der Waals surface area contributed by atoms with Crippen LogP contribution in [0.2, 0.25) is 0 Å². The smallest absolute Gasteiger partial charge is 0.370 e. The van der Waals surface area contributed by atoms with E-state index in [0.717, 1.165) is 38.1 Å². The summed E-state index contributed by atoms with van der Waals surface area (Å²) < 4.78 is 39.0. The number of carbonyl (C=O) groups is 1. The molecule has 1 saturated heterocycles. The molecule has 0 aliphatic carbocycles. The molecule has 3 nitrogen and oxygen atoms in total. The summed E-state index contributed by atoms with van der Waals surface area (Å²) in [6, 6.07) is 12.0. The number of amides is 1. The molecule has 1 heterocycles. The van der Waals surface area contributed by atoms with E-state index in [0.29, 0.717) is 11.3 Å². The first-order valence-corrected chi connectivity index (χ1v) is 7.78. The molecule has 6 heteroatoms. The van der Waals surface area contributed by atoms with E-state index in [2.05, 4.69) is 5.32 Å². The predicted octanol–water partition coefficient (Wildman–Crippen LogP) is 4.56. The van der Waals surface area contributed by atoms with Crippen LogP contribution in [-0.4, -0.2) is 19.0 Å². The van der Waals surface area contributed by atoms with E-state index >= 15 is 0 Å². The number of halogens is 3. The van der Waals surface area contributed by atoms with Crippen molar-refractivity contribution in [3.8, 4) is 0 Å². The van der Waals surface area contributed by atoms with Gasteiger partial charge in [-0.2, -0.15) is 13.2 Å². The molecule has 2 aromatic rings. The molecule has 0 saturated carbocycles. The molecule has 24 heavy (non-hydrogen) atoms. The Labute approximate surface area is 138 Å². The van der Waals surface area contributed by atoms with Gasteiger partial charge in [0.2, 0.25) is 0 Å². The van der Waals surface area contributed by atoms with E-state index in [1.807, 2.05) is 4.90 Å². The molecule has 0 unspecified atom stereocenters. The van der Waals surface area contributed by atoms with E-state index < -0.39 is 17.6 Å². The van der Waals surface area contributed by atoms with Gasteiger partial charge < -0.3 is 10.2 Å². The Morgan fingerprint density at radius 1 is 1.00 bits per heavy atom. The summed E-state index contributed by atoms with van der Waals surface area (Å²) in [5.41, 5.74) is 0.460. The minimum absolute atomic E-state index is 0.195. The molecule has 0 atom stereocenters. The van der Waals surface area contributed by atoms with Gasteiger partial charge in [0, 0.05) is 18.7 Å². The maximum atomic E-state index is 13.0. The molecular weight excluding hydrogens is 317 g/mol. The number of hydrogen-bond donors (Lipinski definition) is 1. The molecule has 1 fully saturated rings. The van der Waals surface area contributed by atoms with Gasteiger partial charge in [0.15, 0.2) is 0 Å². The fraction of sp³-hybridized carbons (Fsp3) is 0.278. The van der Waals surface area contributed by atoms with Crippen LogP contribution in [0.25, 0.3) is 0 Å². The molecular formula is C18H17F3N2O. The number of benzene rings is 2. The molecule has 0 bridgehead atoms. The van der Waals surface area contributed by atoms with E-state index in [1.165, 1.54) is 6.07 Å². The van der Waals surface area contributed by atoms with Crippen LogP contribution in [-0.2, 0) is 6.18 Å². The molecule has 1 aliphatic heterocycles. The molecule has 1 amide bonds. The zero-order chi connectivity index (χ0) is 17.2. The Hall–Kier alpha value is -2.50. The van der Waals surface area contributed by atoms with Crippen LogP contribution >= 0.6 is 0 Å². The standard InChI is InChI=1S/C18H17F3N2O/c19-18(20,21)14-8-9-16(23-10-4-5-11-23)15(12-14)22-17(24)13-6-2-1-3-7-13/h1-3,6-9,12H,4-5,10-11H2,(H,22,24). The summed E-state index contributed by atoms with van der Waals surface area (Å²) >= 11 is 0. The van der Waals surface area contributed by atoms with Crippen LogP contribution in [0.1, 0.15) is 28.8 Å². The quantitative estimate of drug-likeness (QED) is 0.892. The van der Waals surface area contributed by atoms with Gasteiger partial charge in [-0.05, 0) is 43.2 Å². The van der Waals surface area contributed by atoms with Gasteiger partial charge in [-0.1, -0.05) is 18.2 Å². The Kier molecular flexibility index (Phi) is 4.46. The summed E-state index contributed by atoms with van der Waals surface area (Å²) in [6.45, 7) is 1.55. The largest absolute Gasteiger partial charge is 0.416 e. The third kappa shape index (κ3) is 3.53. The van der Waals surface area contributed by atoms with E-state index in [1.54, 1.807) is 30.3 Å². The second-order valence-corrected chi connectivity index (χ2v) is 5.74. The van der Waals surface area contributed by atoms with Crippen LogP contribution in [0.15, 0.2) is 48.5 Å². The van der Waals surface area contributed by atoms with Crippen molar-refractivity contribution in [3.05, 3.63) is 59.7 Å². The van der Waals surface area contributed by atoms with Crippen molar-refractivity contribution in [2.75, 3.05) is 23.3 Å². The van der Waals surface area contributed by atoms with Gasteiger partial charge in [-0.25, -0.2) is 0 Å². The number of alkyl halides is 3. The number of hydrogen-bond acceptors (Lipinski definition) is 2. The van der Waals surface area contributed by atoms with Crippen LogP contribution < -0.4 is 10.2 Å². The number of carbonyl (C=O) groups excluding carboxylic acids is 1.